The summed E-state index contributed by atoms with van der Waals surface area (Å²) in [6.45, 7) is 8.58. The number of imide groups is 1. The summed E-state index contributed by atoms with van der Waals surface area (Å²) >= 11 is 0. The molecule has 0 radical (unpaired) electrons. The number of nitrogens with zero attached hydrogens (tertiary/aromatic N) is 1. The van der Waals surface area contributed by atoms with E-state index in [-0.39, 0.29) is 11.8 Å². The van der Waals surface area contributed by atoms with Crippen LogP contribution in [0.4, 0.5) is 5.69 Å². The van der Waals surface area contributed by atoms with E-state index in [0.717, 1.165) is 5.56 Å². The predicted octanol–water partition coefficient (Wildman–Crippen LogP) is 3.01. The van der Waals surface area contributed by atoms with Crippen LogP contribution in [0.2, 0.25) is 0 Å². The zero-order valence-corrected chi connectivity index (χ0v) is 13.0. The summed E-state index contributed by atoms with van der Waals surface area (Å²) in [6, 6.07) is 7.43. The second kappa shape index (κ2) is 10.0. The maximum Gasteiger partial charge on any atom is 0.230 e. The van der Waals surface area contributed by atoms with Crippen LogP contribution >= 0.6 is 0 Å². The molecule has 0 atom stereocenters. The average molecular weight is 278 g/mol. The van der Waals surface area contributed by atoms with Crippen LogP contribution in [0.25, 0.3) is 0 Å². The van der Waals surface area contributed by atoms with E-state index in [4.69, 9.17) is 5.73 Å². The number of nitrogens with two attached hydrogens (primary N) is 1. The normalized spacial score (nSPS) is 12.4. The second-order valence-corrected chi connectivity index (χ2v) is 3.93. The van der Waals surface area contributed by atoms with E-state index in [1.165, 1.54) is 4.90 Å². The van der Waals surface area contributed by atoms with Gasteiger partial charge in [-0.25, -0.2) is 0 Å². The Morgan fingerprint density at radius 1 is 1.15 bits per heavy atom. The minimum Gasteiger partial charge on any atom is -0.399 e. The first-order chi connectivity index (χ1) is 9.66. The lowest BCUT2D eigenvalue weighted by Gasteiger charge is -2.28. The molecule has 0 saturated carbocycles. The Hall–Kier alpha value is -1.84. The van der Waals surface area contributed by atoms with Crippen molar-refractivity contribution in [3.63, 3.8) is 0 Å². The number of benzene rings is 1. The zero-order chi connectivity index (χ0) is 15.5. The molecule has 0 bridgehead atoms. The highest BCUT2D eigenvalue weighted by Crippen LogP contribution is 2.13. The molecule has 112 valence electrons. The van der Waals surface area contributed by atoms with E-state index < -0.39 is 0 Å². The first-order valence-corrected chi connectivity index (χ1v) is 7.34. The molecule has 2 rings (SSSR count). The Kier molecular flexibility index (Phi) is 9.09. The van der Waals surface area contributed by atoms with E-state index in [1.54, 1.807) is 0 Å². The molecule has 2 amide bonds. The lowest BCUT2D eigenvalue weighted by atomic mass is 10.1. The number of anilines is 1. The van der Waals surface area contributed by atoms with Crippen molar-refractivity contribution in [3.05, 3.63) is 29.8 Å². The largest absolute Gasteiger partial charge is 0.399 e. The SMILES string of the molecule is CC.CC.Nc1ccc(CCC(=O)N2CCC2=O)cc1. The number of likely N-dealkylation sites (tertiary alicyclic amines) is 1. The van der Waals surface area contributed by atoms with E-state index >= 15 is 0 Å². The predicted molar refractivity (Wildman–Crippen MR) is 83.2 cm³/mol. The summed E-state index contributed by atoms with van der Waals surface area (Å²) in [5.41, 5.74) is 7.34. The molecule has 1 aromatic rings. The number of nitrogen functional groups attached to an aromatic ring is 1. The van der Waals surface area contributed by atoms with Crippen molar-refractivity contribution in [1.82, 2.24) is 4.90 Å². The van der Waals surface area contributed by atoms with Crippen LogP contribution in [-0.4, -0.2) is 23.3 Å². The highest BCUT2D eigenvalue weighted by atomic mass is 16.2. The summed E-state index contributed by atoms with van der Waals surface area (Å²) in [6.07, 6.45) is 1.55. The number of hydrogen-bond donors (Lipinski definition) is 1. The molecular weight excluding hydrogens is 252 g/mol. The zero-order valence-electron chi connectivity index (χ0n) is 13.0. The Morgan fingerprint density at radius 2 is 1.70 bits per heavy atom. The van der Waals surface area contributed by atoms with Crippen LogP contribution in [0.5, 0.6) is 0 Å². The van der Waals surface area contributed by atoms with Gasteiger partial charge in [-0.05, 0) is 24.1 Å². The fourth-order valence-electron chi connectivity index (χ4n) is 1.65. The molecule has 2 N–H and O–H groups in total. The van der Waals surface area contributed by atoms with E-state index in [2.05, 4.69) is 0 Å². The van der Waals surface area contributed by atoms with Crippen LogP contribution in [0.1, 0.15) is 46.1 Å². The van der Waals surface area contributed by atoms with Crippen molar-refractivity contribution in [2.24, 2.45) is 0 Å². The second-order valence-electron chi connectivity index (χ2n) is 3.93. The van der Waals surface area contributed by atoms with Gasteiger partial charge in [0.25, 0.3) is 0 Å². The third-order valence-corrected chi connectivity index (χ3v) is 2.76. The Balaban J connectivity index is 0.000000829. The monoisotopic (exact) mass is 278 g/mol. The van der Waals surface area contributed by atoms with Gasteiger partial charge in [-0.3, -0.25) is 14.5 Å². The van der Waals surface area contributed by atoms with Crippen molar-refractivity contribution in [3.8, 4) is 0 Å². The topological polar surface area (TPSA) is 63.4 Å². The quantitative estimate of drug-likeness (QED) is 0.683. The number of rotatable bonds is 3. The Bertz CT molecular complexity index is 413. The molecule has 1 aliphatic rings. The van der Waals surface area contributed by atoms with Crippen LogP contribution < -0.4 is 5.73 Å². The summed E-state index contributed by atoms with van der Waals surface area (Å²) in [4.78, 5) is 23.9. The first kappa shape index (κ1) is 18.2. The third kappa shape index (κ3) is 5.43. The molecule has 0 aromatic heterocycles. The molecule has 1 fully saturated rings. The molecule has 0 spiro atoms. The fourth-order valence-corrected chi connectivity index (χ4v) is 1.65. The van der Waals surface area contributed by atoms with Gasteiger partial charge in [0.2, 0.25) is 11.8 Å². The van der Waals surface area contributed by atoms with Crippen molar-refractivity contribution >= 4 is 17.5 Å². The summed E-state index contributed by atoms with van der Waals surface area (Å²) in [7, 11) is 0. The summed E-state index contributed by atoms with van der Waals surface area (Å²) < 4.78 is 0. The summed E-state index contributed by atoms with van der Waals surface area (Å²) in [5.74, 6) is -0.129. The van der Waals surface area contributed by atoms with Crippen LogP contribution in [0, 0.1) is 0 Å². The fraction of sp³-hybridized carbons (Fsp3) is 0.500. The molecule has 4 nitrogen and oxygen atoms in total. The van der Waals surface area contributed by atoms with Gasteiger partial charge in [-0.15, -0.1) is 0 Å². The summed E-state index contributed by atoms with van der Waals surface area (Å²) in [5, 5.41) is 0. The molecule has 1 aliphatic heterocycles. The van der Waals surface area contributed by atoms with Crippen molar-refractivity contribution in [2.75, 3.05) is 12.3 Å². The molecule has 1 saturated heterocycles. The third-order valence-electron chi connectivity index (χ3n) is 2.76. The smallest absolute Gasteiger partial charge is 0.230 e. The molecule has 1 aromatic carbocycles. The minimum absolute atomic E-state index is 0.0534. The first-order valence-electron chi connectivity index (χ1n) is 7.34. The van der Waals surface area contributed by atoms with Gasteiger partial charge in [-0.1, -0.05) is 39.8 Å². The highest BCUT2D eigenvalue weighted by Gasteiger charge is 2.29. The number of carbonyl (C=O) groups excluding carboxylic acids is 2. The van der Waals surface area contributed by atoms with Gasteiger partial charge in [0, 0.05) is 25.1 Å². The average Bonchev–Trinajstić information content (AvgIpc) is 2.49. The lowest BCUT2D eigenvalue weighted by Crippen LogP contribution is -2.47. The van der Waals surface area contributed by atoms with E-state index in [9.17, 15) is 9.59 Å². The molecular formula is C16H26N2O2. The highest BCUT2D eigenvalue weighted by molar-refractivity contribution is 5.99. The lowest BCUT2D eigenvalue weighted by molar-refractivity contribution is -0.152. The van der Waals surface area contributed by atoms with Gasteiger partial charge in [0.1, 0.15) is 0 Å². The molecule has 20 heavy (non-hydrogen) atoms. The Morgan fingerprint density at radius 3 is 2.10 bits per heavy atom. The van der Waals surface area contributed by atoms with Crippen molar-refractivity contribution in [2.45, 2.75) is 47.0 Å². The number of carbonyl (C=O) groups is 2. The standard InChI is InChI=1S/C12H14N2O2.2C2H6/c13-10-4-1-9(2-5-10)3-6-11(15)14-8-7-12(14)16;2*1-2/h1-2,4-5H,3,6-8,13H2;2*1-2H3. The van der Waals surface area contributed by atoms with Gasteiger partial charge in [-0.2, -0.15) is 0 Å². The molecule has 4 heteroatoms. The van der Waals surface area contributed by atoms with Gasteiger partial charge in [0.15, 0.2) is 0 Å². The van der Waals surface area contributed by atoms with Crippen molar-refractivity contribution < 1.29 is 9.59 Å². The van der Waals surface area contributed by atoms with Gasteiger partial charge < -0.3 is 5.73 Å². The van der Waals surface area contributed by atoms with Gasteiger partial charge >= 0.3 is 0 Å². The van der Waals surface area contributed by atoms with Crippen LogP contribution in [0.3, 0.4) is 0 Å². The molecule has 1 heterocycles. The molecule has 0 unspecified atom stereocenters. The maximum absolute atomic E-state index is 11.6. The van der Waals surface area contributed by atoms with E-state index in [1.807, 2.05) is 52.0 Å². The van der Waals surface area contributed by atoms with Crippen LogP contribution in [0.15, 0.2) is 24.3 Å². The maximum atomic E-state index is 11.6. The number of aryl methyl sites for hydroxylation is 1. The Labute approximate surface area is 122 Å². The molecule has 0 aliphatic carbocycles. The number of β-lactam (4-membered cyclic amide) rings is 1. The van der Waals surface area contributed by atoms with Crippen LogP contribution in [-0.2, 0) is 16.0 Å². The number of amides is 2. The van der Waals surface area contributed by atoms with E-state index in [0.29, 0.717) is 31.5 Å². The minimum atomic E-state index is -0.0759. The van der Waals surface area contributed by atoms with Gasteiger partial charge in [0.05, 0.1) is 0 Å². The van der Waals surface area contributed by atoms with Crippen molar-refractivity contribution in [1.29, 1.82) is 0 Å². The number of hydrogen-bond acceptors (Lipinski definition) is 3.